The van der Waals surface area contributed by atoms with Gasteiger partial charge in [0.25, 0.3) is 0 Å². The minimum absolute atomic E-state index is 0.0753. The molecule has 0 saturated carbocycles. The number of hydrogen-bond acceptors (Lipinski definition) is 5. The van der Waals surface area contributed by atoms with Crippen molar-refractivity contribution in [2.75, 3.05) is 25.2 Å². The normalized spacial score (nSPS) is 11.2. The lowest BCUT2D eigenvalue weighted by molar-refractivity contribution is -0.140. The molecular weight excluding hydrogens is 452 g/mol. The van der Waals surface area contributed by atoms with Crippen molar-refractivity contribution in [1.29, 1.82) is 0 Å². The van der Waals surface area contributed by atoms with Crippen molar-refractivity contribution in [3.63, 3.8) is 0 Å². The van der Waals surface area contributed by atoms with Crippen molar-refractivity contribution >= 4 is 40.9 Å². The van der Waals surface area contributed by atoms with Gasteiger partial charge in [-0.05, 0) is 30.3 Å². The molecule has 0 fully saturated rings. The second-order valence-corrected chi connectivity index (χ2v) is 7.66. The predicted molar refractivity (Wildman–Crippen MR) is 107 cm³/mol. The van der Waals surface area contributed by atoms with Crippen LogP contribution in [-0.4, -0.2) is 31.2 Å². The molecule has 0 amide bonds. The zero-order valence-corrected chi connectivity index (χ0v) is 17.6. The lowest BCUT2D eigenvalue weighted by Gasteiger charge is -2.13. The van der Waals surface area contributed by atoms with Crippen molar-refractivity contribution in [1.82, 2.24) is 0 Å². The number of ether oxygens (including phenoxy) is 3. The van der Waals surface area contributed by atoms with Gasteiger partial charge in [0.2, 0.25) is 0 Å². The molecular formula is C19H17Cl2F3O4S. The zero-order chi connectivity index (χ0) is 21.4. The first-order valence-corrected chi connectivity index (χ1v) is 10.2. The molecule has 2 aromatic rings. The number of carbonyl (C=O) groups is 1. The molecule has 0 N–H and O–H groups in total. The smallest absolute Gasteiger partial charge is 0.416 e. The van der Waals surface area contributed by atoms with Gasteiger partial charge < -0.3 is 14.2 Å². The highest BCUT2D eigenvalue weighted by molar-refractivity contribution is 7.99. The molecule has 0 spiro atoms. The van der Waals surface area contributed by atoms with Crippen LogP contribution in [0.5, 0.6) is 17.2 Å². The van der Waals surface area contributed by atoms with Crippen LogP contribution in [0.15, 0.2) is 36.4 Å². The van der Waals surface area contributed by atoms with E-state index in [0.717, 1.165) is 18.2 Å². The Balaban J connectivity index is 1.94. The van der Waals surface area contributed by atoms with Gasteiger partial charge in [-0.3, -0.25) is 4.79 Å². The Kier molecular flexibility index (Phi) is 8.79. The van der Waals surface area contributed by atoms with Gasteiger partial charge in [0.15, 0.2) is 0 Å². The zero-order valence-electron chi connectivity index (χ0n) is 15.2. The van der Waals surface area contributed by atoms with Gasteiger partial charge >= 0.3 is 12.1 Å². The van der Waals surface area contributed by atoms with Crippen molar-refractivity contribution in [3.05, 3.63) is 52.0 Å². The van der Waals surface area contributed by atoms with E-state index >= 15 is 0 Å². The summed E-state index contributed by atoms with van der Waals surface area (Å²) in [7, 11) is 1.34. The average Bonchev–Trinajstić information content (AvgIpc) is 2.67. The molecule has 0 unspecified atom stereocenters. The summed E-state index contributed by atoms with van der Waals surface area (Å²) in [6, 6.07) is 7.46. The van der Waals surface area contributed by atoms with Crippen molar-refractivity contribution < 1.29 is 32.2 Å². The van der Waals surface area contributed by atoms with Gasteiger partial charge in [-0.1, -0.05) is 23.2 Å². The van der Waals surface area contributed by atoms with Crippen LogP contribution in [-0.2, 0) is 15.7 Å². The lowest BCUT2D eigenvalue weighted by Crippen LogP contribution is -2.05. The van der Waals surface area contributed by atoms with E-state index in [2.05, 4.69) is 4.74 Å². The third-order valence-corrected chi connectivity index (χ3v) is 5.11. The summed E-state index contributed by atoms with van der Waals surface area (Å²) < 4.78 is 53.9. The number of esters is 1. The Morgan fingerprint density at radius 2 is 1.79 bits per heavy atom. The first-order chi connectivity index (χ1) is 13.7. The van der Waals surface area contributed by atoms with Gasteiger partial charge in [-0.2, -0.15) is 24.9 Å². The maximum absolute atomic E-state index is 12.7. The molecule has 2 rings (SSSR count). The van der Waals surface area contributed by atoms with Crippen LogP contribution in [0.4, 0.5) is 13.2 Å². The number of rotatable bonds is 9. The van der Waals surface area contributed by atoms with Crippen LogP contribution in [0.1, 0.15) is 12.0 Å². The van der Waals surface area contributed by atoms with Crippen LogP contribution in [0.25, 0.3) is 0 Å². The monoisotopic (exact) mass is 468 g/mol. The predicted octanol–water partition coefficient (Wildman–Crippen LogP) is 6.48. The molecule has 2 aromatic carbocycles. The Labute approximate surface area is 180 Å². The second-order valence-electron chi connectivity index (χ2n) is 5.62. The number of carbonyl (C=O) groups excluding carboxylic acids is 1. The van der Waals surface area contributed by atoms with E-state index in [0.29, 0.717) is 41.1 Å². The van der Waals surface area contributed by atoms with E-state index in [4.69, 9.17) is 32.7 Å². The average molecular weight is 469 g/mol. The topological polar surface area (TPSA) is 44.8 Å². The summed E-state index contributed by atoms with van der Waals surface area (Å²) in [6.45, 7) is 0.343. The number of methoxy groups -OCH3 is 1. The van der Waals surface area contributed by atoms with E-state index in [9.17, 15) is 18.0 Å². The number of halogens is 5. The molecule has 0 aliphatic rings. The third-order valence-electron chi connectivity index (χ3n) is 3.55. The summed E-state index contributed by atoms with van der Waals surface area (Å²) in [5.74, 6) is 1.72. The standard InChI is InChI=1S/C19H17Cl2F3O4S/c1-26-18(25)6-8-29-9-7-27-17-11-13(3-4-14(17)20)28-16-5-2-12(10-15(16)21)19(22,23)24/h2-5,10-11H,6-9H2,1H3. The van der Waals surface area contributed by atoms with Crippen LogP contribution in [0, 0.1) is 0 Å². The minimum atomic E-state index is -4.49. The van der Waals surface area contributed by atoms with E-state index < -0.39 is 11.7 Å². The highest BCUT2D eigenvalue weighted by atomic mass is 35.5. The first kappa shape index (κ1) is 23.5. The molecule has 0 aromatic heterocycles. The molecule has 10 heteroatoms. The molecule has 158 valence electrons. The lowest BCUT2D eigenvalue weighted by atomic mass is 10.2. The Hall–Kier alpha value is -1.77. The number of benzene rings is 2. The van der Waals surface area contributed by atoms with Crippen molar-refractivity contribution in [2.45, 2.75) is 12.6 Å². The molecule has 29 heavy (non-hydrogen) atoms. The fourth-order valence-electron chi connectivity index (χ4n) is 2.11. The Morgan fingerprint density at radius 3 is 2.45 bits per heavy atom. The fourth-order valence-corrected chi connectivity index (χ4v) is 3.22. The summed E-state index contributed by atoms with van der Waals surface area (Å²) >= 11 is 13.5. The largest absolute Gasteiger partial charge is 0.491 e. The van der Waals surface area contributed by atoms with Crippen LogP contribution in [0.2, 0.25) is 10.0 Å². The highest BCUT2D eigenvalue weighted by Crippen LogP contribution is 2.38. The van der Waals surface area contributed by atoms with Crippen molar-refractivity contribution in [3.8, 4) is 17.2 Å². The van der Waals surface area contributed by atoms with E-state index in [1.165, 1.54) is 24.9 Å². The number of hydrogen-bond donors (Lipinski definition) is 0. The van der Waals surface area contributed by atoms with E-state index in [-0.39, 0.29) is 16.7 Å². The second kappa shape index (κ2) is 10.8. The summed E-state index contributed by atoms with van der Waals surface area (Å²) in [5.41, 5.74) is -0.861. The molecule has 0 aliphatic heterocycles. The Bertz CT molecular complexity index is 847. The fraction of sp³-hybridized carbons (Fsp3) is 0.316. The first-order valence-electron chi connectivity index (χ1n) is 8.32. The quantitative estimate of drug-likeness (QED) is 0.311. The summed E-state index contributed by atoms with van der Waals surface area (Å²) in [5, 5.41) is 0.190. The summed E-state index contributed by atoms with van der Waals surface area (Å²) in [6.07, 6.45) is -4.17. The molecule has 0 atom stereocenters. The maximum Gasteiger partial charge on any atom is 0.416 e. The van der Waals surface area contributed by atoms with E-state index in [1.807, 2.05) is 0 Å². The van der Waals surface area contributed by atoms with Crippen LogP contribution >= 0.6 is 35.0 Å². The van der Waals surface area contributed by atoms with Gasteiger partial charge in [-0.15, -0.1) is 0 Å². The van der Waals surface area contributed by atoms with E-state index in [1.54, 1.807) is 12.1 Å². The maximum atomic E-state index is 12.7. The van der Waals surface area contributed by atoms with Crippen molar-refractivity contribution in [2.24, 2.45) is 0 Å². The van der Waals surface area contributed by atoms with Gasteiger partial charge in [0, 0.05) is 17.6 Å². The summed E-state index contributed by atoms with van der Waals surface area (Å²) in [4.78, 5) is 11.0. The Morgan fingerprint density at radius 1 is 1.03 bits per heavy atom. The minimum Gasteiger partial charge on any atom is -0.491 e. The van der Waals surface area contributed by atoms with Gasteiger partial charge in [-0.25, -0.2) is 0 Å². The molecule has 0 heterocycles. The molecule has 4 nitrogen and oxygen atoms in total. The number of thioether (sulfide) groups is 1. The number of alkyl halides is 3. The third kappa shape index (κ3) is 7.53. The molecule has 0 bridgehead atoms. The highest BCUT2D eigenvalue weighted by Gasteiger charge is 2.31. The molecule has 0 aliphatic carbocycles. The van der Waals surface area contributed by atoms with Crippen LogP contribution < -0.4 is 9.47 Å². The van der Waals surface area contributed by atoms with Gasteiger partial charge in [0.05, 0.1) is 35.7 Å². The van der Waals surface area contributed by atoms with Gasteiger partial charge in [0.1, 0.15) is 17.2 Å². The molecule has 0 radical (unpaired) electrons. The SMILES string of the molecule is COC(=O)CCSCCOc1cc(Oc2ccc(C(F)(F)F)cc2Cl)ccc1Cl. The van der Waals surface area contributed by atoms with Crippen LogP contribution in [0.3, 0.4) is 0 Å². The molecule has 0 saturated heterocycles.